The first-order valence-electron chi connectivity index (χ1n) is 9.34. The molecule has 21 heteroatoms. The number of nitro groups is 1. The van der Waals surface area contributed by atoms with Crippen molar-refractivity contribution in [2.24, 2.45) is 0 Å². The van der Waals surface area contributed by atoms with Crippen LogP contribution in [0.15, 0.2) is 46.2 Å². The van der Waals surface area contributed by atoms with Crippen LogP contribution in [0.5, 0.6) is 5.75 Å². The first-order valence-corrected chi connectivity index (χ1v) is 12.0. The van der Waals surface area contributed by atoms with Crippen molar-refractivity contribution >= 4 is 50.5 Å². The predicted molar refractivity (Wildman–Crippen MR) is 114 cm³/mol. The van der Waals surface area contributed by atoms with Crippen LogP contribution in [-0.4, -0.2) is 48.7 Å². The highest BCUT2D eigenvalue weighted by molar-refractivity contribution is 8.00. The van der Waals surface area contributed by atoms with E-state index in [9.17, 15) is 67.2 Å². The first kappa shape index (κ1) is 32.2. The molecule has 0 aliphatic rings. The average Bonchev–Trinajstić information content (AvgIpc) is 2.77. The number of rotatable bonds is 9. The maximum atomic E-state index is 13.6. The molecule has 1 N–H and O–H groups in total. The molecule has 2 rings (SSSR count). The number of amides is 1. The van der Waals surface area contributed by atoms with Crippen LogP contribution >= 0.6 is 23.4 Å². The number of hydrogen-bond donors (Lipinski definition) is 1. The Bertz CT molecular complexity index is 1380. The number of anilines is 1. The standard InChI is InChI=1S/C18H9ClF10N2O6S2/c19-10-3-2-9(39(35,36)18(27,28)29)6-11(10)30-14(32)7-37-13-4-1-8(5-12(13)31(33)34)38-17(25,26)15(20,21)16(22,23)24/h1-6H,7H2,(H,30,32). The van der Waals surface area contributed by atoms with Gasteiger partial charge in [0.15, 0.2) is 12.4 Å². The second kappa shape index (κ2) is 10.9. The molecule has 0 atom stereocenters. The summed E-state index contributed by atoms with van der Waals surface area (Å²) in [5.74, 6) is -8.64. The van der Waals surface area contributed by atoms with Gasteiger partial charge >= 0.3 is 28.5 Å². The van der Waals surface area contributed by atoms with Crippen molar-refractivity contribution in [2.45, 2.75) is 32.7 Å². The van der Waals surface area contributed by atoms with E-state index in [1.807, 2.05) is 5.32 Å². The Hall–Kier alpha value is -3.00. The Morgan fingerprint density at radius 2 is 1.59 bits per heavy atom. The van der Waals surface area contributed by atoms with Crippen LogP contribution in [0.1, 0.15) is 0 Å². The van der Waals surface area contributed by atoms with Gasteiger partial charge in [0.25, 0.3) is 15.7 Å². The van der Waals surface area contributed by atoms with E-state index in [2.05, 4.69) is 0 Å². The molecular weight excluding hydrogens is 630 g/mol. The molecule has 0 fully saturated rings. The minimum Gasteiger partial charge on any atom is -0.477 e. The summed E-state index contributed by atoms with van der Waals surface area (Å²) in [6, 6.07) is 2.67. The number of nitrogens with zero attached hydrogens (tertiary/aromatic N) is 1. The van der Waals surface area contributed by atoms with Crippen molar-refractivity contribution in [1.29, 1.82) is 0 Å². The van der Waals surface area contributed by atoms with Crippen LogP contribution in [-0.2, 0) is 14.6 Å². The van der Waals surface area contributed by atoms with E-state index in [0.717, 1.165) is 0 Å². The molecule has 0 saturated carbocycles. The molecule has 0 aromatic heterocycles. The summed E-state index contributed by atoms with van der Waals surface area (Å²) in [6.07, 6.45) is -6.65. The quantitative estimate of drug-likeness (QED) is 0.145. The summed E-state index contributed by atoms with van der Waals surface area (Å²) in [5, 5.41) is 6.88. The van der Waals surface area contributed by atoms with Crippen LogP contribution < -0.4 is 10.1 Å². The van der Waals surface area contributed by atoms with Gasteiger partial charge in [-0.3, -0.25) is 14.9 Å². The SMILES string of the molecule is O=C(COc1ccc(SC(F)(F)C(F)(F)C(F)(F)F)cc1[N+](=O)[O-])Nc1cc(S(=O)(=O)C(F)(F)F)ccc1Cl. The summed E-state index contributed by atoms with van der Waals surface area (Å²) in [6.45, 7) is -1.18. The van der Waals surface area contributed by atoms with Gasteiger partial charge in [0.05, 0.1) is 20.5 Å². The Morgan fingerprint density at radius 1 is 1.00 bits per heavy atom. The fourth-order valence-electron chi connectivity index (χ4n) is 2.43. The van der Waals surface area contributed by atoms with Crippen molar-refractivity contribution < 1.29 is 66.8 Å². The van der Waals surface area contributed by atoms with Gasteiger partial charge in [-0.1, -0.05) is 11.6 Å². The lowest BCUT2D eigenvalue weighted by atomic mass is 10.3. The van der Waals surface area contributed by atoms with Crippen molar-refractivity contribution in [3.05, 3.63) is 51.5 Å². The number of benzene rings is 2. The van der Waals surface area contributed by atoms with Crippen molar-refractivity contribution in [2.75, 3.05) is 11.9 Å². The lowest BCUT2D eigenvalue weighted by molar-refractivity contribution is -0.386. The first-order chi connectivity index (χ1) is 17.5. The van der Waals surface area contributed by atoms with E-state index >= 15 is 0 Å². The van der Waals surface area contributed by atoms with Crippen LogP contribution in [0.3, 0.4) is 0 Å². The molecule has 216 valence electrons. The normalized spacial score (nSPS) is 13.2. The van der Waals surface area contributed by atoms with Crippen molar-refractivity contribution in [3.8, 4) is 5.75 Å². The number of sulfone groups is 1. The molecule has 0 aliphatic heterocycles. The zero-order valence-electron chi connectivity index (χ0n) is 18.0. The molecule has 0 bridgehead atoms. The number of hydrogen-bond acceptors (Lipinski definition) is 7. The molecule has 1 amide bonds. The van der Waals surface area contributed by atoms with E-state index in [1.54, 1.807) is 0 Å². The Morgan fingerprint density at radius 3 is 2.10 bits per heavy atom. The Kier molecular flexibility index (Phi) is 8.98. The number of carbonyl (C=O) groups excluding carboxylic acids is 1. The Balaban J connectivity index is 2.23. The van der Waals surface area contributed by atoms with E-state index in [4.69, 9.17) is 16.3 Å². The summed E-state index contributed by atoms with van der Waals surface area (Å²) in [4.78, 5) is 19.6. The molecule has 8 nitrogen and oxygen atoms in total. The molecule has 0 saturated heterocycles. The lowest BCUT2D eigenvalue weighted by Crippen LogP contribution is -2.49. The largest absolute Gasteiger partial charge is 0.501 e. The second-order valence-corrected chi connectivity index (χ2v) is 10.5. The van der Waals surface area contributed by atoms with Crippen LogP contribution in [0.4, 0.5) is 55.3 Å². The topological polar surface area (TPSA) is 116 Å². The average molecular weight is 639 g/mol. The minimum atomic E-state index is -6.65. The number of thioether (sulfide) groups is 1. The maximum Gasteiger partial charge on any atom is 0.501 e. The van der Waals surface area contributed by atoms with Gasteiger partial charge in [0, 0.05) is 11.0 Å². The molecular formula is C18H9ClF10N2O6S2. The van der Waals surface area contributed by atoms with E-state index < -0.39 is 93.8 Å². The van der Waals surface area contributed by atoms with Crippen LogP contribution in [0.2, 0.25) is 5.02 Å². The van der Waals surface area contributed by atoms with Gasteiger partial charge in [-0.2, -0.15) is 43.9 Å². The summed E-state index contributed by atoms with van der Waals surface area (Å²) in [5.41, 5.74) is -7.58. The number of ether oxygens (including phenoxy) is 1. The lowest BCUT2D eigenvalue weighted by Gasteiger charge is -2.27. The Labute approximate surface area is 219 Å². The second-order valence-electron chi connectivity index (χ2n) is 7.01. The van der Waals surface area contributed by atoms with Gasteiger partial charge in [0.2, 0.25) is 0 Å². The number of alkyl halides is 10. The molecule has 0 spiro atoms. The van der Waals surface area contributed by atoms with Crippen molar-refractivity contribution in [3.63, 3.8) is 0 Å². The highest BCUT2D eigenvalue weighted by Crippen LogP contribution is 2.54. The zero-order chi connectivity index (χ0) is 30.2. The minimum absolute atomic E-state index is 0.167. The van der Waals surface area contributed by atoms with E-state index in [-0.39, 0.29) is 6.07 Å². The van der Waals surface area contributed by atoms with Crippen LogP contribution in [0, 0.1) is 10.1 Å². The van der Waals surface area contributed by atoms with Crippen molar-refractivity contribution in [1.82, 2.24) is 0 Å². The smallest absolute Gasteiger partial charge is 0.477 e. The summed E-state index contributed by atoms with van der Waals surface area (Å²) >= 11 is 4.38. The predicted octanol–water partition coefficient (Wildman–Crippen LogP) is 6.44. The number of carbonyl (C=O) groups is 1. The molecule has 0 unspecified atom stereocenters. The number of nitrogens with one attached hydrogen (secondary N) is 1. The van der Waals surface area contributed by atoms with Gasteiger partial charge in [0.1, 0.15) is 0 Å². The molecule has 2 aromatic carbocycles. The van der Waals surface area contributed by atoms with E-state index in [0.29, 0.717) is 30.3 Å². The number of nitro benzene ring substituents is 1. The zero-order valence-corrected chi connectivity index (χ0v) is 20.4. The van der Waals surface area contributed by atoms with Gasteiger partial charge < -0.3 is 10.1 Å². The summed E-state index contributed by atoms with van der Waals surface area (Å²) < 4.78 is 156. The van der Waals surface area contributed by atoms with E-state index in [1.165, 1.54) is 0 Å². The highest BCUT2D eigenvalue weighted by Gasteiger charge is 2.73. The van der Waals surface area contributed by atoms with Gasteiger partial charge in [-0.15, -0.1) is 0 Å². The monoisotopic (exact) mass is 638 g/mol. The third kappa shape index (κ3) is 6.96. The summed E-state index contributed by atoms with van der Waals surface area (Å²) in [7, 11) is -5.84. The molecule has 39 heavy (non-hydrogen) atoms. The third-order valence-corrected chi connectivity index (χ3v) is 7.10. The molecule has 2 aromatic rings. The van der Waals surface area contributed by atoms with Crippen LogP contribution in [0.25, 0.3) is 0 Å². The number of halogens is 11. The fraction of sp³-hybridized carbons (Fsp3) is 0.278. The maximum absolute atomic E-state index is 13.6. The third-order valence-electron chi connectivity index (χ3n) is 4.28. The fourth-order valence-corrected chi connectivity index (χ4v) is 4.23. The molecule has 0 aliphatic carbocycles. The van der Waals surface area contributed by atoms with Gasteiger partial charge in [-0.05, 0) is 42.1 Å². The molecule has 0 heterocycles. The highest BCUT2D eigenvalue weighted by atomic mass is 35.5. The van der Waals surface area contributed by atoms with Gasteiger partial charge in [-0.25, -0.2) is 8.42 Å². The molecule has 0 radical (unpaired) electrons.